The van der Waals surface area contributed by atoms with E-state index in [9.17, 15) is 0 Å². The van der Waals surface area contributed by atoms with Crippen LogP contribution in [0.3, 0.4) is 0 Å². The molecule has 2 aliphatic rings. The van der Waals surface area contributed by atoms with Gasteiger partial charge in [0.05, 0.1) is 24.2 Å². The van der Waals surface area contributed by atoms with Gasteiger partial charge in [0, 0.05) is 56.1 Å². The van der Waals surface area contributed by atoms with Gasteiger partial charge in [-0.3, -0.25) is 9.69 Å². The van der Waals surface area contributed by atoms with Crippen molar-refractivity contribution in [3.05, 3.63) is 46.9 Å². The second kappa shape index (κ2) is 13.5. The molecule has 1 aromatic carbocycles. The molecule has 1 aliphatic heterocycles. The SMILES string of the molecule is CC(=O)O.COc1cc(-c2nn([C@H]3CC[C@H](N4CCN(C)CC4)CC3)c3ncnc(N)c23)ccc1NCc1cccs1. The molecule has 3 aromatic heterocycles. The van der Waals surface area contributed by atoms with Gasteiger partial charge in [-0.1, -0.05) is 12.1 Å². The quantitative estimate of drug-likeness (QED) is 0.280. The van der Waals surface area contributed by atoms with E-state index in [1.165, 1.54) is 30.8 Å². The number of carboxylic acid groups (broad SMARTS) is 1. The van der Waals surface area contributed by atoms with Crippen molar-refractivity contribution in [1.82, 2.24) is 29.5 Å². The van der Waals surface area contributed by atoms with E-state index in [1.807, 2.05) is 12.1 Å². The summed E-state index contributed by atoms with van der Waals surface area (Å²) in [7, 11) is 3.91. The molecule has 12 heteroatoms. The van der Waals surface area contributed by atoms with Crippen LogP contribution in [0.2, 0.25) is 0 Å². The zero-order valence-corrected chi connectivity index (χ0v) is 25.3. The van der Waals surface area contributed by atoms with Crippen molar-refractivity contribution < 1.29 is 14.6 Å². The van der Waals surface area contributed by atoms with E-state index in [-0.39, 0.29) is 0 Å². The number of hydrogen-bond donors (Lipinski definition) is 3. The van der Waals surface area contributed by atoms with Crippen LogP contribution in [0.1, 0.15) is 43.5 Å². The number of methoxy groups -OCH3 is 1. The molecule has 11 nitrogen and oxygen atoms in total. The van der Waals surface area contributed by atoms with Crippen LogP contribution in [-0.4, -0.2) is 87.0 Å². The fourth-order valence-corrected chi connectivity index (χ4v) is 6.53. The third-order valence-electron chi connectivity index (χ3n) is 8.09. The number of nitrogen functional groups attached to an aromatic ring is 1. The van der Waals surface area contributed by atoms with Crippen LogP contribution >= 0.6 is 11.3 Å². The summed E-state index contributed by atoms with van der Waals surface area (Å²) in [5.74, 6) is 0.395. The number of aromatic nitrogens is 4. The number of rotatable bonds is 7. The molecule has 4 aromatic rings. The molecule has 0 bridgehead atoms. The predicted octanol–water partition coefficient (Wildman–Crippen LogP) is 4.58. The van der Waals surface area contributed by atoms with Gasteiger partial charge in [0.25, 0.3) is 5.97 Å². The Morgan fingerprint density at radius 2 is 1.83 bits per heavy atom. The van der Waals surface area contributed by atoms with E-state index < -0.39 is 5.97 Å². The second-order valence-corrected chi connectivity index (χ2v) is 12.0. The molecule has 0 radical (unpaired) electrons. The van der Waals surface area contributed by atoms with E-state index in [2.05, 4.69) is 60.4 Å². The molecule has 0 spiro atoms. The summed E-state index contributed by atoms with van der Waals surface area (Å²) in [6.45, 7) is 6.50. The van der Waals surface area contributed by atoms with Gasteiger partial charge in [0.2, 0.25) is 0 Å². The number of piperazine rings is 1. The minimum absolute atomic E-state index is 0.304. The summed E-state index contributed by atoms with van der Waals surface area (Å²) in [5.41, 5.74) is 9.92. The zero-order valence-electron chi connectivity index (χ0n) is 24.5. The Morgan fingerprint density at radius 1 is 1.12 bits per heavy atom. The summed E-state index contributed by atoms with van der Waals surface area (Å²) < 4.78 is 7.86. The Labute approximate surface area is 250 Å². The number of nitrogens with two attached hydrogens (primary N) is 1. The maximum absolute atomic E-state index is 9.00. The van der Waals surface area contributed by atoms with E-state index >= 15 is 0 Å². The number of hydrogen-bond acceptors (Lipinski definition) is 10. The molecule has 2 fully saturated rings. The monoisotopic (exact) mass is 592 g/mol. The number of likely N-dealkylation sites (N-methyl/N-ethyl adjacent to an activating group) is 1. The first-order valence-electron chi connectivity index (χ1n) is 14.4. The average Bonchev–Trinajstić information content (AvgIpc) is 3.65. The van der Waals surface area contributed by atoms with Gasteiger partial charge in [0.1, 0.15) is 23.6 Å². The number of anilines is 2. The van der Waals surface area contributed by atoms with Crippen molar-refractivity contribution in [1.29, 1.82) is 0 Å². The number of thiophene rings is 1. The Morgan fingerprint density at radius 3 is 2.50 bits per heavy atom. The highest BCUT2D eigenvalue weighted by molar-refractivity contribution is 7.09. The lowest BCUT2D eigenvalue weighted by Crippen LogP contribution is -2.49. The number of carbonyl (C=O) groups is 1. The van der Waals surface area contributed by atoms with Crippen molar-refractivity contribution in [2.24, 2.45) is 0 Å². The Kier molecular flexibility index (Phi) is 9.55. The normalized spacial score (nSPS) is 19.7. The first-order valence-corrected chi connectivity index (χ1v) is 15.3. The molecule has 42 heavy (non-hydrogen) atoms. The van der Waals surface area contributed by atoms with Gasteiger partial charge in [-0.05, 0) is 56.3 Å². The number of nitrogens with zero attached hydrogens (tertiary/aromatic N) is 6. The number of nitrogens with one attached hydrogen (secondary N) is 1. The topological polar surface area (TPSA) is 135 Å². The number of benzene rings is 1. The van der Waals surface area contributed by atoms with Gasteiger partial charge in [-0.2, -0.15) is 5.10 Å². The minimum Gasteiger partial charge on any atom is -0.495 e. The van der Waals surface area contributed by atoms with Crippen molar-refractivity contribution in [3.8, 4) is 17.0 Å². The van der Waals surface area contributed by atoms with Gasteiger partial charge < -0.3 is 25.8 Å². The van der Waals surface area contributed by atoms with Crippen molar-refractivity contribution in [3.63, 3.8) is 0 Å². The second-order valence-electron chi connectivity index (χ2n) is 10.9. The molecule has 6 rings (SSSR count). The van der Waals surface area contributed by atoms with E-state index in [4.69, 9.17) is 25.5 Å². The van der Waals surface area contributed by atoms with E-state index in [0.29, 0.717) is 17.9 Å². The molecule has 1 aliphatic carbocycles. The lowest BCUT2D eigenvalue weighted by Gasteiger charge is -2.41. The summed E-state index contributed by atoms with van der Waals surface area (Å²) in [6.07, 6.45) is 6.10. The Hall–Kier alpha value is -3.74. The molecule has 4 N–H and O–H groups in total. The standard InChI is InChI=1S/C28H36N8OS.C2H4O2/c1-34-11-13-35(14-12-34)20-6-8-21(9-7-20)36-28-25(27(29)31-18-32-28)26(33-36)19-5-10-23(24(16-19)37-2)30-17-22-4-3-15-38-22;1-2(3)4/h3-5,10,15-16,18,20-21,30H,6-9,11-14,17H2,1-2H3,(H2,29,31,32);1H3,(H,3,4)/t20-,21-;. The third kappa shape index (κ3) is 6.83. The molecule has 1 saturated carbocycles. The summed E-state index contributed by atoms with van der Waals surface area (Å²) >= 11 is 1.73. The van der Waals surface area contributed by atoms with Crippen molar-refractivity contribution in [2.45, 2.75) is 51.2 Å². The lowest BCUT2D eigenvalue weighted by atomic mass is 9.90. The van der Waals surface area contributed by atoms with Crippen LogP contribution in [0, 0.1) is 0 Å². The summed E-state index contributed by atoms with van der Waals surface area (Å²) in [4.78, 5) is 24.3. The fourth-order valence-electron chi connectivity index (χ4n) is 5.89. The molecule has 0 unspecified atom stereocenters. The first kappa shape index (κ1) is 29.7. The summed E-state index contributed by atoms with van der Waals surface area (Å²) in [6, 6.07) is 11.3. The van der Waals surface area contributed by atoms with Crippen LogP contribution < -0.4 is 15.8 Å². The van der Waals surface area contributed by atoms with Gasteiger partial charge in [-0.25, -0.2) is 14.6 Å². The smallest absolute Gasteiger partial charge is 0.300 e. The number of fused-ring (bicyclic) bond motifs is 1. The summed E-state index contributed by atoms with van der Waals surface area (Å²) in [5, 5.41) is 18.9. The molecule has 1 saturated heterocycles. The largest absolute Gasteiger partial charge is 0.495 e. The molecular weight excluding hydrogens is 552 g/mol. The highest BCUT2D eigenvalue weighted by atomic mass is 32.1. The molecule has 0 amide bonds. The van der Waals surface area contributed by atoms with Crippen LogP contribution in [0.25, 0.3) is 22.3 Å². The third-order valence-corrected chi connectivity index (χ3v) is 8.97. The Balaban J connectivity index is 0.000000830. The molecule has 4 heterocycles. The van der Waals surface area contributed by atoms with Crippen LogP contribution in [0.5, 0.6) is 5.75 Å². The van der Waals surface area contributed by atoms with Crippen molar-refractivity contribution >= 4 is 39.8 Å². The first-order chi connectivity index (χ1) is 20.3. The Bertz CT molecular complexity index is 1470. The zero-order chi connectivity index (χ0) is 29.6. The van der Waals surface area contributed by atoms with Crippen LogP contribution in [0.4, 0.5) is 11.5 Å². The van der Waals surface area contributed by atoms with E-state index in [1.54, 1.807) is 24.8 Å². The predicted molar refractivity (Wildman–Crippen MR) is 167 cm³/mol. The highest BCUT2D eigenvalue weighted by Gasteiger charge is 2.30. The maximum atomic E-state index is 9.00. The van der Waals surface area contributed by atoms with E-state index in [0.717, 1.165) is 73.1 Å². The fraction of sp³-hybridized carbons (Fsp3) is 0.467. The highest BCUT2D eigenvalue weighted by Crippen LogP contribution is 2.39. The lowest BCUT2D eigenvalue weighted by molar-refractivity contribution is -0.134. The van der Waals surface area contributed by atoms with Crippen molar-refractivity contribution in [2.75, 3.05) is 51.4 Å². The van der Waals surface area contributed by atoms with Crippen LogP contribution in [-0.2, 0) is 11.3 Å². The van der Waals surface area contributed by atoms with Gasteiger partial charge in [-0.15, -0.1) is 11.3 Å². The molecule has 224 valence electrons. The van der Waals surface area contributed by atoms with Crippen LogP contribution in [0.15, 0.2) is 42.0 Å². The number of aliphatic carboxylic acids is 1. The minimum atomic E-state index is -0.833. The number of ether oxygens (including phenoxy) is 1. The average molecular weight is 593 g/mol. The maximum Gasteiger partial charge on any atom is 0.300 e. The molecule has 0 atom stereocenters. The molecular formula is C30H40N8O3S. The number of carboxylic acids is 1. The van der Waals surface area contributed by atoms with Gasteiger partial charge >= 0.3 is 0 Å². The van der Waals surface area contributed by atoms with Gasteiger partial charge in [0.15, 0.2) is 5.65 Å².